The molecule has 0 atom stereocenters. The molecule has 0 bridgehead atoms. The van der Waals surface area contributed by atoms with Gasteiger partial charge >= 0.3 is 0 Å². The van der Waals surface area contributed by atoms with Crippen molar-refractivity contribution in [1.29, 1.82) is 0 Å². The standard InChI is InChI=1S/C12H17BrN2OS/c1-2-15-6-3-9(4-7-15)14-12(16)11-10(13)5-8-17-11/h5,8-9H,2-4,6-7H2,1H3,(H,14,16). The van der Waals surface area contributed by atoms with Gasteiger partial charge in [-0.2, -0.15) is 0 Å². The van der Waals surface area contributed by atoms with Crippen LogP contribution in [-0.4, -0.2) is 36.5 Å². The molecule has 1 aromatic heterocycles. The summed E-state index contributed by atoms with van der Waals surface area (Å²) in [4.78, 5) is 15.2. The van der Waals surface area contributed by atoms with Gasteiger partial charge in [-0.05, 0) is 46.8 Å². The third-order valence-corrected chi connectivity index (χ3v) is 5.03. The first-order valence-electron chi connectivity index (χ1n) is 5.97. The summed E-state index contributed by atoms with van der Waals surface area (Å²) in [6.45, 7) is 5.47. The summed E-state index contributed by atoms with van der Waals surface area (Å²) in [5, 5.41) is 5.05. The van der Waals surface area contributed by atoms with Crippen LogP contribution < -0.4 is 5.32 Å². The third kappa shape index (κ3) is 3.30. The van der Waals surface area contributed by atoms with E-state index in [1.165, 1.54) is 11.3 Å². The van der Waals surface area contributed by atoms with E-state index in [-0.39, 0.29) is 5.91 Å². The molecule has 0 radical (unpaired) electrons. The van der Waals surface area contributed by atoms with Crippen LogP contribution in [0, 0.1) is 0 Å². The van der Waals surface area contributed by atoms with Crippen molar-refractivity contribution in [2.24, 2.45) is 0 Å². The van der Waals surface area contributed by atoms with Crippen molar-refractivity contribution in [3.8, 4) is 0 Å². The zero-order valence-electron chi connectivity index (χ0n) is 9.91. The first-order valence-corrected chi connectivity index (χ1v) is 7.64. The number of nitrogens with one attached hydrogen (secondary N) is 1. The average molecular weight is 317 g/mol. The zero-order valence-corrected chi connectivity index (χ0v) is 12.3. The van der Waals surface area contributed by atoms with Crippen LogP contribution in [0.15, 0.2) is 15.9 Å². The lowest BCUT2D eigenvalue weighted by atomic mass is 10.1. The lowest BCUT2D eigenvalue weighted by Crippen LogP contribution is -2.44. The highest BCUT2D eigenvalue weighted by Gasteiger charge is 2.21. The van der Waals surface area contributed by atoms with E-state index < -0.39 is 0 Å². The number of hydrogen-bond donors (Lipinski definition) is 1. The summed E-state index contributed by atoms with van der Waals surface area (Å²) < 4.78 is 0.894. The van der Waals surface area contributed by atoms with Crippen molar-refractivity contribution in [3.63, 3.8) is 0 Å². The van der Waals surface area contributed by atoms with Crippen LogP contribution in [-0.2, 0) is 0 Å². The number of halogens is 1. The van der Waals surface area contributed by atoms with Crippen LogP contribution in [0.5, 0.6) is 0 Å². The van der Waals surface area contributed by atoms with Crippen molar-refractivity contribution in [3.05, 3.63) is 20.8 Å². The van der Waals surface area contributed by atoms with E-state index in [0.717, 1.165) is 41.8 Å². The Labute approximate surface area is 114 Å². The molecule has 2 rings (SSSR count). The van der Waals surface area contributed by atoms with Gasteiger partial charge in [0.15, 0.2) is 0 Å². The second-order valence-electron chi connectivity index (χ2n) is 4.28. The minimum Gasteiger partial charge on any atom is -0.348 e. The first kappa shape index (κ1) is 13.1. The molecule has 0 saturated carbocycles. The largest absolute Gasteiger partial charge is 0.348 e. The van der Waals surface area contributed by atoms with Gasteiger partial charge < -0.3 is 10.2 Å². The topological polar surface area (TPSA) is 32.3 Å². The molecule has 1 aromatic rings. The maximum atomic E-state index is 12.0. The van der Waals surface area contributed by atoms with E-state index in [1.807, 2.05) is 11.4 Å². The fourth-order valence-corrected chi connectivity index (χ4v) is 3.55. The maximum absolute atomic E-state index is 12.0. The Morgan fingerprint density at radius 1 is 1.59 bits per heavy atom. The van der Waals surface area contributed by atoms with Crippen LogP contribution in [0.4, 0.5) is 0 Å². The van der Waals surface area contributed by atoms with Crippen molar-refractivity contribution >= 4 is 33.2 Å². The summed E-state index contributed by atoms with van der Waals surface area (Å²) in [5.41, 5.74) is 0. The number of thiophene rings is 1. The first-order chi connectivity index (χ1) is 8.20. The van der Waals surface area contributed by atoms with E-state index in [1.54, 1.807) is 0 Å². The SMILES string of the molecule is CCN1CCC(NC(=O)c2sccc2Br)CC1. The molecule has 17 heavy (non-hydrogen) atoms. The predicted molar refractivity (Wildman–Crippen MR) is 74.6 cm³/mol. The summed E-state index contributed by atoms with van der Waals surface area (Å²) in [6, 6.07) is 2.25. The molecule has 1 saturated heterocycles. The van der Waals surface area contributed by atoms with Crippen LogP contribution in [0.3, 0.4) is 0 Å². The van der Waals surface area contributed by atoms with E-state index in [0.29, 0.717) is 6.04 Å². The molecule has 5 heteroatoms. The Morgan fingerprint density at radius 2 is 2.29 bits per heavy atom. The summed E-state index contributed by atoms with van der Waals surface area (Å²) in [6.07, 6.45) is 2.12. The molecule has 1 fully saturated rings. The second-order valence-corrected chi connectivity index (χ2v) is 6.05. The molecule has 0 aliphatic carbocycles. The van der Waals surface area contributed by atoms with Crippen LogP contribution in [0.1, 0.15) is 29.4 Å². The zero-order chi connectivity index (χ0) is 12.3. The van der Waals surface area contributed by atoms with Gasteiger partial charge in [0.2, 0.25) is 0 Å². The molecule has 94 valence electrons. The van der Waals surface area contributed by atoms with Gasteiger partial charge in [-0.25, -0.2) is 0 Å². The number of piperidine rings is 1. The third-order valence-electron chi connectivity index (χ3n) is 3.19. The number of likely N-dealkylation sites (tertiary alicyclic amines) is 1. The quantitative estimate of drug-likeness (QED) is 0.930. The number of hydrogen-bond acceptors (Lipinski definition) is 3. The Balaban J connectivity index is 1.86. The number of carbonyl (C=O) groups is 1. The Kier molecular flexibility index (Phi) is 4.59. The average Bonchev–Trinajstić information content (AvgIpc) is 2.76. The number of amides is 1. The van der Waals surface area contributed by atoms with Gasteiger partial charge in [0, 0.05) is 23.6 Å². The van der Waals surface area contributed by atoms with Gasteiger partial charge in [-0.3, -0.25) is 4.79 Å². The molecular formula is C12H17BrN2OS. The molecule has 2 heterocycles. The monoisotopic (exact) mass is 316 g/mol. The molecule has 1 amide bonds. The molecule has 1 aliphatic rings. The van der Waals surface area contributed by atoms with Crippen molar-refractivity contribution < 1.29 is 4.79 Å². The highest BCUT2D eigenvalue weighted by Crippen LogP contribution is 2.23. The van der Waals surface area contributed by atoms with Gasteiger partial charge in [0.1, 0.15) is 4.88 Å². The smallest absolute Gasteiger partial charge is 0.262 e. The second kappa shape index (κ2) is 5.98. The number of rotatable bonds is 3. The van der Waals surface area contributed by atoms with E-state index in [9.17, 15) is 4.79 Å². The van der Waals surface area contributed by atoms with E-state index in [2.05, 4.69) is 33.1 Å². The Hall–Kier alpha value is -0.390. The lowest BCUT2D eigenvalue weighted by molar-refractivity contribution is 0.0916. The van der Waals surface area contributed by atoms with Crippen molar-refractivity contribution in [2.45, 2.75) is 25.8 Å². The summed E-state index contributed by atoms with van der Waals surface area (Å²) in [7, 11) is 0. The normalized spacial score (nSPS) is 18.2. The highest BCUT2D eigenvalue weighted by atomic mass is 79.9. The van der Waals surface area contributed by atoms with Gasteiger partial charge in [0.05, 0.1) is 0 Å². The molecule has 0 aromatic carbocycles. The van der Waals surface area contributed by atoms with E-state index in [4.69, 9.17) is 0 Å². The molecule has 3 nitrogen and oxygen atoms in total. The van der Waals surface area contributed by atoms with Crippen molar-refractivity contribution in [2.75, 3.05) is 19.6 Å². The molecule has 0 spiro atoms. The van der Waals surface area contributed by atoms with Gasteiger partial charge in [-0.1, -0.05) is 6.92 Å². The molecule has 1 aliphatic heterocycles. The summed E-state index contributed by atoms with van der Waals surface area (Å²) >= 11 is 4.88. The lowest BCUT2D eigenvalue weighted by Gasteiger charge is -2.31. The van der Waals surface area contributed by atoms with E-state index >= 15 is 0 Å². The van der Waals surface area contributed by atoms with Gasteiger partial charge in [0.25, 0.3) is 5.91 Å². The predicted octanol–water partition coefficient (Wildman–Crippen LogP) is 2.72. The van der Waals surface area contributed by atoms with Crippen LogP contribution >= 0.6 is 27.3 Å². The highest BCUT2D eigenvalue weighted by molar-refractivity contribution is 9.10. The molecule has 0 unspecified atom stereocenters. The minimum atomic E-state index is 0.0572. The van der Waals surface area contributed by atoms with Crippen LogP contribution in [0.2, 0.25) is 0 Å². The fraction of sp³-hybridized carbons (Fsp3) is 0.583. The Morgan fingerprint density at radius 3 is 2.82 bits per heavy atom. The molecule has 1 N–H and O–H groups in total. The minimum absolute atomic E-state index is 0.0572. The van der Waals surface area contributed by atoms with Crippen molar-refractivity contribution in [1.82, 2.24) is 10.2 Å². The van der Waals surface area contributed by atoms with Gasteiger partial charge in [-0.15, -0.1) is 11.3 Å². The molecular weight excluding hydrogens is 300 g/mol. The summed E-state index contributed by atoms with van der Waals surface area (Å²) in [5.74, 6) is 0.0572. The number of carbonyl (C=O) groups excluding carboxylic acids is 1. The Bertz CT molecular complexity index is 386. The van der Waals surface area contributed by atoms with Crippen LogP contribution in [0.25, 0.3) is 0 Å². The number of nitrogens with zero attached hydrogens (tertiary/aromatic N) is 1. The maximum Gasteiger partial charge on any atom is 0.262 e. The fourth-order valence-electron chi connectivity index (χ4n) is 2.10.